The number of rotatable bonds is 3. The molecule has 0 aliphatic heterocycles. The normalized spacial score (nSPS) is 12.4. The molecular weight excluding hydrogens is 707 g/mol. The zero-order valence-corrected chi connectivity index (χ0v) is 30.5. The Labute approximate surface area is 305 Å². The van der Waals surface area contributed by atoms with Gasteiger partial charge in [-0.15, -0.1) is 29.7 Å². The van der Waals surface area contributed by atoms with Crippen molar-refractivity contribution in [1.82, 2.24) is 18.9 Å². The topological polar surface area (TPSA) is 44.3 Å². The summed E-state index contributed by atoms with van der Waals surface area (Å²) in [7, 11) is 0. The number of fused-ring (bicyclic) bond motifs is 11. The number of pyridine rings is 2. The molecule has 0 unspecified atom stereocenters. The fraction of sp³-hybridized carbons (Fsp3) is 0.182. The van der Waals surface area contributed by atoms with Gasteiger partial charge in [0.15, 0.2) is 0 Å². The van der Waals surface area contributed by atoms with Crippen molar-refractivity contribution in [2.75, 3.05) is 0 Å². The summed E-state index contributed by atoms with van der Waals surface area (Å²) >= 11 is 0. The minimum Gasteiger partial charge on any atom is -0.503 e. The molecule has 4 aromatic heterocycles. The van der Waals surface area contributed by atoms with Gasteiger partial charge in [0, 0.05) is 28.7 Å². The first kappa shape index (κ1) is 32.2. The maximum absolute atomic E-state index is 6.60. The summed E-state index contributed by atoms with van der Waals surface area (Å²) in [5.74, 6) is 2.06. The molecule has 0 atom stereocenters. The molecule has 4 heterocycles. The summed E-state index contributed by atoms with van der Waals surface area (Å²) in [6.07, 6.45) is 1.82. The number of ether oxygens (including phenoxy) is 1. The minimum absolute atomic E-state index is 0. The zero-order valence-electron chi connectivity index (χ0n) is 28.9. The fourth-order valence-corrected chi connectivity index (χ4v) is 7.24. The maximum atomic E-state index is 6.60. The molecule has 5 nitrogen and oxygen atoms in total. The molecule has 0 aliphatic carbocycles. The van der Waals surface area contributed by atoms with Crippen LogP contribution in [-0.2, 0) is 31.3 Å². The van der Waals surface area contributed by atoms with Crippen molar-refractivity contribution in [2.45, 2.75) is 52.4 Å². The Morgan fingerprint density at radius 3 is 2.08 bits per heavy atom. The van der Waals surface area contributed by atoms with Crippen LogP contribution in [-0.4, -0.2) is 18.9 Å². The van der Waals surface area contributed by atoms with Gasteiger partial charge in [0.2, 0.25) is 0 Å². The van der Waals surface area contributed by atoms with Gasteiger partial charge in [-0.1, -0.05) is 106 Å². The first-order valence-electron chi connectivity index (χ1n) is 16.8. The van der Waals surface area contributed by atoms with E-state index < -0.39 is 0 Å². The van der Waals surface area contributed by atoms with Crippen LogP contribution in [0.3, 0.4) is 0 Å². The molecule has 0 spiro atoms. The molecule has 9 aromatic rings. The number of nitrogens with zero attached hydrogens (tertiary/aromatic N) is 4. The Kier molecular flexibility index (Phi) is 7.42. The van der Waals surface area contributed by atoms with Crippen molar-refractivity contribution in [3.63, 3.8) is 0 Å². The predicted octanol–water partition coefficient (Wildman–Crippen LogP) is 11.3. The van der Waals surface area contributed by atoms with E-state index >= 15 is 0 Å². The standard InChI is InChI=1S/C44H36N4O.Pd/c1-43(2,3)27-23-34(44(4,5)6)41-32-21-19-28(25-33(32)42-46-35-14-8-10-16-37(35)48(42)39(41)24-27)49-29-18-20-31-30-13-7-9-15-36(30)47(38(31)26-29)40-17-11-12-22-45-40;/h7-24H,1-6H3;/q-2;+2. The van der Waals surface area contributed by atoms with Gasteiger partial charge in [-0.2, -0.15) is 6.07 Å². The average molecular weight is 743 g/mol. The van der Waals surface area contributed by atoms with Crippen molar-refractivity contribution in [2.24, 2.45) is 0 Å². The second-order valence-corrected chi connectivity index (χ2v) is 15.0. The van der Waals surface area contributed by atoms with E-state index in [0.717, 1.165) is 60.6 Å². The van der Waals surface area contributed by atoms with Crippen LogP contribution in [0.25, 0.3) is 66.0 Å². The second-order valence-electron chi connectivity index (χ2n) is 15.0. The quantitative estimate of drug-likeness (QED) is 0.103. The molecule has 0 saturated carbocycles. The summed E-state index contributed by atoms with van der Waals surface area (Å²) in [6, 6.07) is 43.0. The maximum Gasteiger partial charge on any atom is 2.00 e. The molecular formula is C44H36N4OPd. The molecule has 0 fully saturated rings. The third-order valence-electron chi connectivity index (χ3n) is 9.66. The first-order chi connectivity index (χ1) is 23.6. The van der Waals surface area contributed by atoms with Gasteiger partial charge < -0.3 is 13.7 Å². The molecule has 0 aliphatic rings. The third kappa shape index (κ3) is 5.01. The number of benzene rings is 5. The summed E-state index contributed by atoms with van der Waals surface area (Å²) in [4.78, 5) is 9.86. The Morgan fingerprint density at radius 1 is 0.640 bits per heavy atom. The molecule has 0 radical (unpaired) electrons. The number of hydrogen-bond donors (Lipinski definition) is 0. The summed E-state index contributed by atoms with van der Waals surface area (Å²) in [5.41, 5.74) is 8.56. The monoisotopic (exact) mass is 742 g/mol. The summed E-state index contributed by atoms with van der Waals surface area (Å²) in [5, 5.41) is 5.51. The molecule has 0 bridgehead atoms. The molecule has 5 aromatic carbocycles. The van der Waals surface area contributed by atoms with Gasteiger partial charge in [0.1, 0.15) is 5.82 Å². The van der Waals surface area contributed by atoms with E-state index in [4.69, 9.17) is 9.72 Å². The molecule has 0 N–H and O–H groups in total. The Balaban J connectivity index is 0.00000361. The van der Waals surface area contributed by atoms with Gasteiger partial charge in [0.05, 0.1) is 16.7 Å². The van der Waals surface area contributed by atoms with E-state index in [1.54, 1.807) is 0 Å². The predicted molar refractivity (Wildman–Crippen MR) is 201 cm³/mol. The van der Waals surface area contributed by atoms with Crippen LogP contribution in [0.15, 0.2) is 109 Å². The Hall–Kier alpha value is -5.02. The van der Waals surface area contributed by atoms with Gasteiger partial charge in [-0.25, -0.2) is 4.98 Å². The van der Waals surface area contributed by atoms with Crippen LogP contribution in [0.2, 0.25) is 0 Å². The fourth-order valence-electron chi connectivity index (χ4n) is 7.24. The van der Waals surface area contributed by atoms with Crippen molar-refractivity contribution >= 4 is 60.2 Å². The van der Waals surface area contributed by atoms with Crippen molar-refractivity contribution < 1.29 is 25.2 Å². The molecule has 6 heteroatoms. The Bertz CT molecular complexity index is 2760. The van der Waals surface area contributed by atoms with E-state index in [0.29, 0.717) is 11.5 Å². The molecule has 248 valence electrons. The second kappa shape index (κ2) is 11.5. The average Bonchev–Trinajstić information content (AvgIpc) is 3.64. The van der Waals surface area contributed by atoms with Crippen molar-refractivity contribution in [3.05, 3.63) is 133 Å². The molecule has 0 amide bonds. The Morgan fingerprint density at radius 2 is 1.34 bits per heavy atom. The summed E-state index contributed by atoms with van der Waals surface area (Å²) in [6.45, 7) is 13.8. The van der Waals surface area contributed by atoms with Gasteiger partial charge in [0.25, 0.3) is 0 Å². The number of hydrogen-bond acceptors (Lipinski definition) is 3. The SMILES string of the molecule is CC(C)(C)c1cc(C(C)(C)C)c2c3ccc(Oc4[c-]c5c(cc4)c4ccccc4n5-c4ccccn4)[c-]c3c3nc4ccccc4n3c2c1.[Pd+2]. The van der Waals surface area contributed by atoms with E-state index in [2.05, 4.69) is 140 Å². The van der Waals surface area contributed by atoms with Crippen LogP contribution >= 0.6 is 0 Å². The molecule has 0 saturated heterocycles. The number of para-hydroxylation sites is 3. The van der Waals surface area contributed by atoms with Gasteiger partial charge >= 0.3 is 20.4 Å². The van der Waals surface area contributed by atoms with Crippen LogP contribution in [0, 0.1) is 12.1 Å². The summed E-state index contributed by atoms with van der Waals surface area (Å²) < 4.78 is 11.1. The van der Waals surface area contributed by atoms with Crippen molar-refractivity contribution in [1.29, 1.82) is 0 Å². The van der Waals surface area contributed by atoms with E-state index in [1.165, 1.54) is 16.5 Å². The smallest absolute Gasteiger partial charge is 0.503 e. The number of aromatic nitrogens is 4. The van der Waals surface area contributed by atoms with Crippen LogP contribution in [0.1, 0.15) is 52.7 Å². The van der Waals surface area contributed by atoms with E-state index in [-0.39, 0.29) is 31.3 Å². The first-order valence-corrected chi connectivity index (χ1v) is 16.8. The largest absolute Gasteiger partial charge is 2.00 e. The van der Waals surface area contributed by atoms with Gasteiger partial charge in [-0.05, 0) is 69.1 Å². The van der Waals surface area contributed by atoms with Crippen LogP contribution in [0.5, 0.6) is 11.5 Å². The van der Waals surface area contributed by atoms with Gasteiger partial charge in [-0.3, -0.25) is 4.98 Å². The van der Waals surface area contributed by atoms with E-state index in [9.17, 15) is 0 Å². The van der Waals surface area contributed by atoms with Crippen molar-refractivity contribution in [3.8, 4) is 17.3 Å². The number of imidazole rings is 1. The van der Waals surface area contributed by atoms with Crippen LogP contribution < -0.4 is 4.74 Å². The molecule has 50 heavy (non-hydrogen) atoms. The zero-order chi connectivity index (χ0) is 33.7. The van der Waals surface area contributed by atoms with Crippen LogP contribution in [0.4, 0.5) is 0 Å². The van der Waals surface area contributed by atoms with E-state index in [1.807, 2.05) is 36.5 Å². The molecule has 9 rings (SSSR count). The minimum atomic E-state index is -0.0951. The third-order valence-corrected chi connectivity index (χ3v) is 9.66.